The summed E-state index contributed by atoms with van der Waals surface area (Å²) in [5, 5.41) is 10.9. The van der Waals surface area contributed by atoms with Crippen molar-refractivity contribution in [3.8, 4) is 6.07 Å². The molecule has 0 aliphatic rings. The van der Waals surface area contributed by atoms with Crippen LogP contribution in [0.5, 0.6) is 0 Å². The molecule has 0 heterocycles. The first-order valence-corrected chi connectivity index (χ1v) is 5.72. The molecule has 0 spiro atoms. The van der Waals surface area contributed by atoms with Gasteiger partial charge < -0.3 is 5.01 Å². The zero-order valence-corrected chi connectivity index (χ0v) is 9.98. The van der Waals surface area contributed by atoms with Gasteiger partial charge in [0.2, 0.25) is 0 Å². The number of benzene rings is 1. The number of nitrogens with zero attached hydrogens (tertiary/aromatic N) is 2. The Morgan fingerprint density at radius 1 is 1.38 bits per heavy atom. The number of hydrogen-bond donors (Lipinski definition) is 1. The molecule has 1 aromatic carbocycles. The highest BCUT2D eigenvalue weighted by Gasteiger charge is 2.08. The number of nitrogens with one attached hydrogen (secondary N) is 1. The second kappa shape index (κ2) is 6.86. The summed E-state index contributed by atoms with van der Waals surface area (Å²) in [6, 6.07) is 12.2. The molecule has 0 bridgehead atoms. The molecule has 86 valence electrons. The first-order valence-electron chi connectivity index (χ1n) is 5.72. The number of unbranched alkanes of at least 4 members (excludes halogenated alkanes) is 1. The number of para-hydroxylation sites is 1. The smallest absolute Gasteiger partial charge is 0.113 e. The Morgan fingerprint density at radius 2 is 2.06 bits per heavy atom. The van der Waals surface area contributed by atoms with E-state index in [1.807, 2.05) is 42.4 Å². The number of nitriles is 1. The first kappa shape index (κ1) is 12.5. The highest BCUT2D eigenvalue weighted by Crippen LogP contribution is 2.10. The second-order valence-corrected chi connectivity index (χ2v) is 3.85. The lowest BCUT2D eigenvalue weighted by Gasteiger charge is -2.23. The standard InChI is InChI=1S/C13H19N3/c1-3-4-8-12(11-14)15-16(2)13-9-6-5-7-10-13/h5-7,9-10,12,15H,3-4,8H2,1-2H3. The number of anilines is 1. The average Bonchev–Trinajstić information content (AvgIpc) is 2.35. The molecule has 16 heavy (non-hydrogen) atoms. The van der Waals surface area contributed by atoms with E-state index in [2.05, 4.69) is 18.4 Å². The lowest BCUT2D eigenvalue weighted by Crippen LogP contribution is -2.41. The molecule has 3 heteroatoms. The quantitative estimate of drug-likeness (QED) is 0.745. The van der Waals surface area contributed by atoms with Crippen molar-refractivity contribution in [2.45, 2.75) is 32.2 Å². The van der Waals surface area contributed by atoms with Crippen LogP contribution in [-0.2, 0) is 0 Å². The molecule has 1 N–H and O–H groups in total. The van der Waals surface area contributed by atoms with Crippen LogP contribution >= 0.6 is 0 Å². The van der Waals surface area contributed by atoms with Crippen molar-refractivity contribution in [2.24, 2.45) is 0 Å². The van der Waals surface area contributed by atoms with Gasteiger partial charge in [-0.25, -0.2) is 5.43 Å². The molecule has 1 rings (SSSR count). The van der Waals surface area contributed by atoms with Crippen LogP contribution in [0.15, 0.2) is 30.3 Å². The molecule has 0 radical (unpaired) electrons. The van der Waals surface area contributed by atoms with Crippen molar-refractivity contribution >= 4 is 5.69 Å². The molecule has 3 nitrogen and oxygen atoms in total. The highest BCUT2D eigenvalue weighted by atomic mass is 15.5. The molecule has 0 aliphatic heterocycles. The van der Waals surface area contributed by atoms with Crippen molar-refractivity contribution < 1.29 is 0 Å². The van der Waals surface area contributed by atoms with Gasteiger partial charge in [-0.3, -0.25) is 0 Å². The maximum Gasteiger partial charge on any atom is 0.113 e. The zero-order chi connectivity index (χ0) is 11.8. The van der Waals surface area contributed by atoms with Crippen molar-refractivity contribution in [1.29, 1.82) is 5.26 Å². The fourth-order valence-corrected chi connectivity index (χ4v) is 1.53. The van der Waals surface area contributed by atoms with E-state index in [1.54, 1.807) is 0 Å². The van der Waals surface area contributed by atoms with Crippen molar-refractivity contribution in [1.82, 2.24) is 5.43 Å². The molecule has 0 aromatic heterocycles. The van der Waals surface area contributed by atoms with E-state index in [0.29, 0.717) is 0 Å². The van der Waals surface area contributed by atoms with Gasteiger partial charge in [0.25, 0.3) is 0 Å². The Morgan fingerprint density at radius 3 is 2.62 bits per heavy atom. The normalized spacial score (nSPS) is 11.8. The van der Waals surface area contributed by atoms with Crippen LogP contribution in [0.25, 0.3) is 0 Å². The average molecular weight is 217 g/mol. The molecule has 1 atom stereocenters. The predicted molar refractivity (Wildman–Crippen MR) is 66.9 cm³/mol. The largest absolute Gasteiger partial charge is 0.310 e. The third kappa shape index (κ3) is 3.92. The lowest BCUT2D eigenvalue weighted by molar-refractivity contribution is 0.536. The van der Waals surface area contributed by atoms with E-state index in [1.165, 1.54) is 0 Å². The molecule has 0 fully saturated rings. The highest BCUT2D eigenvalue weighted by molar-refractivity contribution is 5.43. The van der Waals surface area contributed by atoms with Gasteiger partial charge in [0.15, 0.2) is 0 Å². The summed E-state index contributed by atoms with van der Waals surface area (Å²) in [7, 11) is 1.94. The van der Waals surface area contributed by atoms with Gasteiger partial charge in [-0.2, -0.15) is 5.26 Å². The van der Waals surface area contributed by atoms with Gasteiger partial charge in [-0.15, -0.1) is 0 Å². The Hall–Kier alpha value is -1.53. The summed E-state index contributed by atoms with van der Waals surface area (Å²) in [5.41, 5.74) is 4.26. The second-order valence-electron chi connectivity index (χ2n) is 3.85. The van der Waals surface area contributed by atoms with E-state index in [9.17, 15) is 0 Å². The van der Waals surface area contributed by atoms with Gasteiger partial charge in [0.1, 0.15) is 6.04 Å². The Labute approximate surface area is 97.7 Å². The molecule has 0 amide bonds. The summed E-state index contributed by atoms with van der Waals surface area (Å²) >= 11 is 0. The molecule has 0 saturated carbocycles. The Bertz CT molecular complexity index is 329. The van der Waals surface area contributed by atoms with Crippen molar-refractivity contribution in [3.05, 3.63) is 30.3 Å². The van der Waals surface area contributed by atoms with Gasteiger partial charge in [-0.1, -0.05) is 38.0 Å². The summed E-state index contributed by atoms with van der Waals surface area (Å²) in [5.74, 6) is 0. The fraction of sp³-hybridized carbons (Fsp3) is 0.462. The maximum atomic E-state index is 9.01. The van der Waals surface area contributed by atoms with Gasteiger partial charge >= 0.3 is 0 Å². The summed E-state index contributed by atoms with van der Waals surface area (Å²) in [4.78, 5) is 0. The van der Waals surface area contributed by atoms with Gasteiger partial charge in [0.05, 0.1) is 11.8 Å². The summed E-state index contributed by atoms with van der Waals surface area (Å²) in [6.45, 7) is 2.13. The lowest BCUT2D eigenvalue weighted by atomic mass is 10.1. The summed E-state index contributed by atoms with van der Waals surface area (Å²) in [6.07, 6.45) is 3.09. The van der Waals surface area contributed by atoms with Crippen LogP contribution in [0.1, 0.15) is 26.2 Å². The minimum absolute atomic E-state index is 0.106. The first-order chi connectivity index (χ1) is 7.77. The Balaban J connectivity index is 2.50. The number of hydrazine groups is 1. The van der Waals surface area contributed by atoms with Crippen LogP contribution in [-0.4, -0.2) is 13.1 Å². The van der Waals surface area contributed by atoms with E-state index >= 15 is 0 Å². The minimum atomic E-state index is -0.106. The van der Waals surface area contributed by atoms with Crippen LogP contribution in [0.2, 0.25) is 0 Å². The topological polar surface area (TPSA) is 39.1 Å². The van der Waals surface area contributed by atoms with Gasteiger partial charge in [0, 0.05) is 7.05 Å². The van der Waals surface area contributed by atoms with Crippen LogP contribution in [0.4, 0.5) is 5.69 Å². The van der Waals surface area contributed by atoms with E-state index < -0.39 is 0 Å². The third-order valence-corrected chi connectivity index (χ3v) is 2.50. The SMILES string of the molecule is CCCCC(C#N)NN(C)c1ccccc1. The molecular formula is C13H19N3. The van der Waals surface area contributed by atoms with Crippen LogP contribution < -0.4 is 10.4 Å². The minimum Gasteiger partial charge on any atom is -0.310 e. The molecule has 0 aliphatic carbocycles. The molecular weight excluding hydrogens is 198 g/mol. The van der Waals surface area contributed by atoms with Crippen LogP contribution in [0.3, 0.4) is 0 Å². The third-order valence-electron chi connectivity index (χ3n) is 2.50. The van der Waals surface area contributed by atoms with E-state index in [0.717, 1.165) is 24.9 Å². The van der Waals surface area contributed by atoms with E-state index in [4.69, 9.17) is 5.26 Å². The maximum absolute atomic E-state index is 9.01. The summed E-state index contributed by atoms with van der Waals surface area (Å²) < 4.78 is 0. The Kier molecular flexibility index (Phi) is 5.38. The molecule has 1 aromatic rings. The van der Waals surface area contributed by atoms with E-state index in [-0.39, 0.29) is 6.04 Å². The number of hydrogen-bond acceptors (Lipinski definition) is 3. The van der Waals surface area contributed by atoms with Gasteiger partial charge in [-0.05, 0) is 18.6 Å². The number of rotatable bonds is 6. The zero-order valence-electron chi connectivity index (χ0n) is 9.98. The molecule has 1 unspecified atom stereocenters. The van der Waals surface area contributed by atoms with Crippen molar-refractivity contribution in [2.75, 3.05) is 12.1 Å². The van der Waals surface area contributed by atoms with Crippen LogP contribution in [0, 0.1) is 11.3 Å². The predicted octanol–water partition coefficient (Wildman–Crippen LogP) is 2.71. The monoisotopic (exact) mass is 217 g/mol. The fourth-order valence-electron chi connectivity index (χ4n) is 1.53. The molecule has 0 saturated heterocycles. The van der Waals surface area contributed by atoms with Crippen molar-refractivity contribution in [3.63, 3.8) is 0 Å².